The van der Waals surface area contributed by atoms with Crippen LogP contribution >= 0.6 is 0 Å². The fraction of sp³-hybridized carbons (Fsp3) is 0.429. The summed E-state index contributed by atoms with van der Waals surface area (Å²) < 4.78 is 31.4. The van der Waals surface area contributed by atoms with Crippen LogP contribution in [0, 0.1) is 23.6 Å². The minimum absolute atomic E-state index is 0.0105. The van der Waals surface area contributed by atoms with E-state index in [0.29, 0.717) is 35.7 Å². The quantitative estimate of drug-likeness (QED) is 0.414. The van der Waals surface area contributed by atoms with Gasteiger partial charge in [-0.1, -0.05) is 25.0 Å². The molecule has 1 spiro atoms. The molecule has 0 atom stereocenters. The van der Waals surface area contributed by atoms with Gasteiger partial charge >= 0.3 is 0 Å². The summed E-state index contributed by atoms with van der Waals surface area (Å²) in [5.74, 6) is -1.04. The van der Waals surface area contributed by atoms with E-state index in [1.54, 1.807) is 18.3 Å². The molecule has 1 aromatic carbocycles. The van der Waals surface area contributed by atoms with Gasteiger partial charge in [0.05, 0.1) is 18.5 Å². The molecule has 8 heteroatoms. The van der Waals surface area contributed by atoms with Gasteiger partial charge in [0.15, 0.2) is 5.82 Å². The zero-order valence-corrected chi connectivity index (χ0v) is 20.0. The summed E-state index contributed by atoms with van der Waals surface area (Å²) >= 11 is 0. The topological polar surface area (TPSA) is 55.4 Å². The summed E-state index contributed by atoms with van der Waals surface area (Å²) in [5.41, 5.74) is 0.984. The molecule has 3 heterocycles. The molecule has 1 saturated heterocycles. The molecule has 2 saturated carbocycles. The fourth-order valence-corrected chi connectivity index (χ4v) is 5.84. The highest BCUT2D eigenvalue weighted by atomic mass is 19.1. The van der Waals surface area contributed by atoms with Crippen molar-refractivity contribution < 1.29 is 8.78 Å². The number of piperidine rings is 1. The van der Waals surface area contributed by atoms with Gasteiger partial charge in [-0.05, 0) is 62.1 Å². The molecule has 2 aromatic heterocycles. The van der Waals surface area contributed by atoms with Crippen LogP contribution in [0.3, 0.4) is 0 Å². The van der Waals surface area contributed by atoms with Crippen LogP contribution in [0.15, 0.2) is 41.3 Å². The molecule has 0 unspecified atom stereocenters. The van der Waals surface area contributed by atoms with Gasteiger partial charge in [-0.25, -0.2) is 14.2 Å². The number of benzene rings is 1. The van der Waals surface area contributed by atoms with E-state index < -0.39 is 17.2 Å². The van der Waals surface area contributed by atoms with Crippen molar-refractivity contribution in [2.75, 3.05) is 18.0 Å². The second-order valence-electron chi connectivity index (χ2n) is 10.4. The lowest BCUT2D eigenvalue weighted by molar-refractivity contribution is 0.225. The van der Waals surface area contributed by atoms with E-state index in [2.05, 4.69) is 14.8 Å². The Bertz CT molecular complexity index is 1410. The molecule has 3 fully saturated rings. The number of halogens is 2. The van der Waals surface area contributed by atoms with Crippen LogP contribution in [-0.2, 0) is 0 Å². The zero-order valence-electron chi connectivity index (χ0n) is 20.0. The Kier molecular flexibility index (Phi) is 5.59. The van der Waals surface area contributed by atoms with Crippen molar-refractivity contribution in [3.8, 4) is 17.1 Å². The maximum Gasteiger partial charge on any atom is 0.296 e. The highest BCUT2D eigenvalue weighted by Gasteiger charge is 2.38. The molecule has 2 aliphatic carbocycles. The molecule has 36 heavy (non-hydrogen) atoms. The van der Waals surface area contributed by atoms with Gasteiger partial charge in [0.1, 0.15) is 11.6 Å². The zero-order chi connectivity index (χ0) is 24.9. The molecule has 6 nitrogen and oxygen atoms in total. The number of rotatable bonds is 4. The summed E-state index contributed by atoms with van der Waals surface area (Å²) in [6, 6.07) is 7.68. The highest BCUT2D eigenvalue weighted by molar-refractivity contribution is 5.65. The van der Waals surface area contributed by atoms with E-state index in [0.717, 1.165) is 35.9 Å². The summed E-state index contributed by atoms with van der Waals surface area (Å²) in [5, 5.41) is 0. The first-order valence-electron chi connectivity index (χ1n) is 12.7. The van der Waals surface area contributed by atoms with Crippen molar-refractivity contribution in [1.29, 1.82) is 0 Å². The summed E-state index contributed by atoms with van der Waals surface area (Å²) in [7, 11) is 0. The average molecular weight is 488 g/mol. The SMILES string of the molecule is [C-]#[N+]c1ccc(-c2nc(N3CCC4(CCCC4)CC3)c(F)c(=O)n2-c2ccc(C3CC3)nc2)cc1F. The molecule has 0 bridgehead atoms. The summed E-state index contributed by atoms with van der Waals surface area (Å²) in [6.07, 6.45) is 10.5. The number of pyridine rings is 1. The minimum atomic E-state index is -0.911. The molecule has 3 aliphatic rings. The van der Waals surface area contributed by atoms with Gasteiger partial charge in [0.2, 0.25) is 11.5 Å². The summed E-state index contributed by atoms with van der Waals surface area (Å²) in [4.78, 5) is 27.6. The summed E-state index contributed by atoms with van der Waals surface area (Å²) in [6.45, 7) is 8.41. The third-order valence-corrected chi connectivity index (χ3v) is 8.15. The minimum Gasteiger partial charge on any atom is -0.354 e. The predicted molar refractivity (Wildman–Crippen MR) is 134 cm³/mol. The Morgan fingerprint density at radius 3 is 2.39 bits per heavy atom. The third kappa shape index (κ3) is 3.97. The maximum atomic E-state index is 15.6. The molecule has 0 radical (unpaired) electrons. The Balaban J connectivity index is 1.45. The first-order chi connectivity index (χ1) is 17.5. The molecule has 0 amide bonds. The molecular weight excluding hydrogens is 460 g/mol. The number of anilines is 1. The van der Waals surface area contributed by atoms with Crippen molar-refractivity contribution in [2.45, 2.75) is 57.3 Å². The lowest BCUT2D eigenvalue weighted by Crippen LogP contribution is -2.41. The van der Waals surface area contributed by atoms with E-state index >= 15 is 4.39 Å². The van der Waals surface area contributed by atoms with Crippen molar-refractivity contribution in [3.63, 3.8) is 0 Å². The number of hydrogen-bond donors (Lipinski definition) is 0. The Labute approximate surface area is 208 Å². The van der Waals surface area contributed by atoms with Crippen LogP contribution in [0.5, 0.6) is 0 Å². The second kappa shape index (κ2) is 8.81. The van der Waals surface area contributed by atoms with E-state index in [9.17, 15) is 9.18 Å². The number of nitrogens with zero attached hydrogens (tertiary/aromatic N) is 5. The largest absolute Gasteiger partial charge is 0.354 e. The molecule has 0 N–H and O–H groups in total. The van der Waals surface area contributed by atoms with Crippen LogP contribution in [0.25, 0.3) is 21.9 Å². The van der Waals surface area contributed by atoms with E-state index in [4.69, 9.17) is 6.57 Å². The lowest BCUT2D eigenvalue weighted by atomic mass is 9.77. The standard InChI is InChI=1S/C28H27F2N5O/c1-31-23-8-6-19(16-21(23)29)25-33-26(34-14-12-28(13-15-34)10-2-3-11-28)24(30)27(36)35(25)20-7-9-22(32-17-20)18-4-5-18/h6-9,16-18H,2-5,10-15H2. The highest BCUT2D eigenvalue weighted by Crippen LogP contribution is 2.46. The van der Waals surface area contributed by atoms with Crippen molar-refractivity contribution in [3.05, 3.63) is 75.6 Å². The van der Waals surface area contributed by atoms with Gasteiger partial charge in [-0.3, -0.25) is 14.3 Å². The third-order valence-electron chi connectivity index (χ3n) is 8.15. The predicted octanol–water partition coefficient (Wildman–Crippen LogP) is 6.16. The molecule has 6 rings (SSSR count). The lowest BCUT2D eigenvalue weighted by Gasteiger charge is -2.40. The maximum absolute atomic E-state index is 15.6. The number of hydrogen-bond acceptors (Lipinski definition) is 4. The van der Waals surface area contributed by atoms with Gasteiger partial charge in [0, 0.05) is 30.3 Å². The molecule has 184 valence electrons. The van der Waals surface area contributed by atoms with Crippen LogP contribution in [0.2, 0.25) is 0 Å². The molecule has 3 aromatic rings. The smallest absolute Gasteiger partial charge is 0.296 e. The fourth-order valence-electron chi connectivity index (χ4n) is 5.84. The van der Waals surface area contributed by atoms with Crippen molar-refractivity contribution in [2.24, 2.45) is 5.41 Å². The first-order valence-corrected chi connectivity index (χ1v) is 12.7. The monoisotopic (exact) mass is 487 g/mol. The van der Waals surface area contributed by atoms with E-state index in [-0.39, 0.29) is 17.3 Å². The van der Waals surface area contributed by atoms with Crippen LogP contribution in [0.1, 0.15) is 63.0 Å². The number of aromatic nitrogens is 3. The van der Waals surface area contributed by atoms with E-state index in [1.807, 2.05) is 11.0 Å². The van der Waals surface area contributed by atoms with Gasteiger partial charge in [0.25, 0.3) is 5.56 Å². The van der Waals surface area contributed by atoms with Crippen molar-refractivity contribution in [1.82, 2.24) is 14.5 Å². The van der Waals surface area contributed by atoms with Crippen LogP contribution < -0.4 is 10.5 Å². The molecule has 1 aliphatic heterocycles. The normalized spacial score (nSPS) is 19.0. The Morgan fingerprint density at radius 2 is 1.78 bits per heavy atom. The first kappa shape index (κ1) is 22.8. The van der Waals surface area contributed by atoms with Gasteiger partial charge in [-0.15, -0.1) is 0 Å². The van der Waals surface area contributed by atoms with Gasteiger partial charge in [-0.2, -0.15) is 4.39 Å². The van der Waals surface area contributed by atoms with Gasteiger partial charge < -0.3 is 4.90 Å². The van der Waals surface area contributed by atoms with Crippen LogP contribution in [-0.4, -0.2) is 27.6 Å². The Morgan fingerprint density at radius 1 is 1.03 bits per heavy atom. The van der Waals surface area contributed by atoms with Crippen molar-refractivity contribution >= 4 is 11.5 Å². The Hall–Kier alpha value is -3.60. The molecular formula is C28H27F2N5O. The van der Waals surface area contributed by atoms with E-state index in [1.165, 1.54) is 37.8 Å². The van der Waals surface area contributed by atoms with Crippen LogP contribution in [0.4, 0.5) is 20.3 Å². The average Bonchev–Trinajstić information content (AvgIpc) is 3.66. The second-order valence-corrected chi connectivity index (χ2v) is 10.4.